The number of aromatic amines is 1. The molecule has 1 unspecified atom stereocenters. The van der Waals surface area contributed by atoms with Crippen molar-refractivity contribution in [2.45, 2.75) is 25.4 Å². The maximum atomic E-state index is 12.2. The minimum Gasteiger partial charge on any atom is -0.493 e. The summed E-state index contributed by atoms with van der Waals surface area (Å²) in [4.78, 5) is 15.0. The zero-order valence-corrected chi connectivity index (χ0v) is 14.4. The van der Waals surface area contributed by atoms with Gasteiger partial charge in [-0.3, -0.25) is 9.78 Å². The molecule has 1 aromatic heterocycles. The van der Waals surface area contributed by atoms with E-state index in [1.54, 1.807) is 20.3 Å². The summed E-state index contributed by atoms with van der Waals surface area (Å²) in [5.74, 6) is 1.61. The van der Waals surface area contributed by atoms with E-state index in [0.717, 1.165) is 25.0 Å². The lowest BCUT2D eigenvalue weighted by atomic mass is 10.1. The van der Waals surface area contributed by atoms with Gasteiger partial charge in [0.15, 0.2) is 11.5 Å². The van der Waals surface area contributed by atoms with Crippen LogP contribution in [0.5, 0.6) is 11.5 Å². The van der Waals surface area contributed by atoms with Crippen molar-refractivity contribution >= 4 is 5.95 Å². The van der Waals surface area contributed by atoms with Gasteiger partial charge in [0, 0.05) is 19.6 Å². The van der Waals surface area contributed by atoms with Gasteiger partial charge in [-0.15, -0.1) is 10.2 Å². The summed E-state index contributed by atoms with van der Waals surface area (Å²) in [7, 11) is 3.15. The Bertz CT molecular complexity index is 771. The summed E-state index contributed by atoms with van der Waals surface area (Å²) in [6.07, 6.45) is 2.60. The number of aromatic nitrogens is 3. The van der Waals surface area contributed by atoms with E-state index < -0.39 is 0 Å². The quantitative estimate of drug-likeness (QED) is 0.781. The average molecular weight is 346 g/mol. The number of nitrogens with one attached hydrogen (secondary N) is 2. The summed E-state index contributed by atoms with van der Waals surface area (Å²) >= 11 is 0. The van der Waals surface area contributed by atoms with Crippen molar-refractivity contribution in [2.24, 2.45) is 0 Å². The predicted octanol–water partition coefficient (Wildman–Crippen LogP) is 1.36. The minimum absolute atomic E-state index is 0.164. The number of hydrogen-bond donors (Lipinski definition) is 2. The molecular weight excluding hydrogens is 324 g/mol. The van der Waals surface area contributed by atoms with E-state index in [4.69, 9.17) is 14.2 Å². The molecule has 25 heavy (non-hydrogen) atoms. The molecule has 0 radical (unpaired) electrons. The van der Waals surface area contributed by atoms with Crippen LogP contribution >= 0.6 is 0 Å². The van der Waals surface area contributed by atoms with Crippen molar-refractivity contribution in [3.8, 4) is 11.5 Å². The fraction of sp³-hybridized carbons (Fsp3) is 0.471. The van der Waals surface area contributed by atoms with Gasteiger partial charge in [0.05, 0.1) is 20.3 Å². The highest BCUT2D eigenvalue weighted by molar-refractivity contribution is 5.43. The molecule has 2 N–H and O–H groups in total. The van der Waals surface area contributed by atoms with E-state index >= 15 is 0 Å². The highest BCUT2D eigenvalue weighted by atomic mass is 16.5. The molecule has 0 bridgehead atoms. The lowest BCUT2D eigenvalue weighted by Crippen LogP contribution is -2.24. The Kier molecular flexibility index (Phi) is 5.49. The van der Waals surface area contributed by atoms with Crippen LogP contribution < -0.4 is 20.3 Å². The number of anilines is 1. The molecule has 0 saturated carbocycles. The summed E-state index contributed by atoms with van der Waals surface area (Å²) < 4.78 is 16.0. The largest absolute Gasteiger partial charge is 0.493 e. The van der Waals surface area contributed by atoms with Crippen LogP contribution in [0.4, 0.5) is 5.95 Å². The number of methoxy groups -OCH3 is 2. The van der Waals surface area contributed by atoms with Crippen molar-refractivity contribution in [1.82, 2.24) is 15.2 Å². The third-order valence-corrected chi connectivity index (χ3v) is 4.11. The molecule has 1 aliphatic heterocycles. The molecule has 1 fully saturated rings. The maximum absolute atomic E-state index is 12.2. The summed E-state index contributed by atoms with van der Waals surface area (Å²) in [5, 5.41) is 11.2. The Morgan fingerprint density at radius 2 is 2.12 bits per heavy atom. The van der Waals surface area contributed by atoms with Gasteiger partial charge in [0.2, 0.25) is 5.95 Å². The number of ether oxygens (including phenoxy) is 3. The SMILES string of the molecule is COc1ccc(Cc2nnc(NCC3CCCO3)[nH]c2=O)cc1OC. The molecule has 0 aliphatic carbocycles. The van der Waals surface area contributed by atoms with Gasteiger partial charge in [-0.2, -0.15) is 0 Å². The third-order valence-electron chi connectivity index (χ3n) is 4.11. The summed E-state index contributed by atoms with van der Waals surface area (Å²) in [6, 6.07) is 5.49. The van der Waals surface area contributed by atoms with Crippen LogP contribution in [-0.4, -0.2) is 48.7 Å². The van der Waals surface area contributed by atoms with E-state index in [1.165, 1.54) is 0 Å². The van der Waals surface area contributed by atoms with Gasteiger partial charge in [-0.25, -0.2) is 0 Å². The Morgan fingerprint density at radius 3 is 2.80 bits per heavy atom. The van der Waals surface area contributed by atoms with Crippen molar-refractivity contribution in [2.75, 3.05) is 32.7 Å². The Hall–Kier alpha value is -2.61. The van der Waals surface area contributed by atoms with Crippen LogP contribution in [0.2, 0.25) is 0 Å². The molecule has 2 heterocycles. The molecule has 3 rings (SSSR count). The first kappa shape index (κ1) is 17.2. The van der Waals surface area contributed by atoms with Crippen molar-refractivity contribution in [1.29, 1.82) is 0 Å². The van der Waals surface area contributed by atoms with Crippen LogP contribution in [-0.2, 0) is 11.2 Å². The zero-order chi connectivity index (χ0) is 17.6. The standard InChI is InChI=1S/C17H22N4O4/c1-23-14-6-5-11(9-15(14)24-2)8-13-16(22)19-17(21-20-13)18-10-12-4-3-7-25-12/h5-6,9,12H,3-4,7-8,10H2,1-2H3,(H2,18,19,21,22). The monoisotopic (exact) mass is 346 g/mol. The molecule has 0 amide bonds. The molecular formula is C17H22N4O4. The number of H-pyrrole nitrogens is 1. The minimum atomic E-state index is -0.264. The lowest BCUT2D eigenvalue weighted by Gasteiger charge is -2.11. The Morgan fingerprint density at radius 1 is 1.28 bits per heavy atom. The third kappa shape index (κ3) is 4.27. The van der Waals surface area contributed by atoms with E-state index in [1.807, 2.05) is 12.1 Å². The van der Waals surface area contributed by atoms with Gasteiger partial charge >= 0.3 is 0 Å². The van der Waals surface area contributed by atoms with Crippen LogP contribution in [0.25, 0.3) is 0 Å². The number of nitrogens with zero attached hydrogens (tertiary/aromatic N) is 2. The maximum Gasteiger partial charge on any atom is 0.274 e. The topological polar surface area (TPSA) is 98.4 Å². The molecule has 1 saturated heterocycles. The first-order valence-corrected chi connectivity index (χ1v) is 8.22. The number of rotatable bonds is 7. The molecule has 1 atom stereocenters. The second kappa shape index (κ2) is 7.98. The summed E-state index contributed by atoms with van der Waals surface area (Å²) in [5.41, 5.74) is 0.965. The van der Waals surface area contributed by atoms with Crippen molar-refractivity contribution in [3.05, 3.63) is 39.8 Å². The normalized spacial score (nSPS) is 16.6. The first-order chi connectivity index (χ1) is 12.2. The van der Waals surface area contributed by atoms with Crippen molar-refractivity contribution < 1.29 is 14.2 Å². The second-order valence-electron chi connectivity index (χ2n) is 5.83. The first-order valence-electron chi connectivity index (χ1n) is 8.22. The summed E-state index contributed by atoms with van der Waals surface area (Å²) in [6.45, 7) is 1.40. The van der Waals surface area contributed by atoms with E-state index in [2.05, 4.69) is 20.5 Å². The molecule has 8 nitrogen and oxygen atoms in total. The van der Waals surface area contributed by atoms with Crippen LogP contribution in [0.1, 0.15) is 24.1 Å². The van der Waals surface area contributed by atoms with Crippen LogP contribution in [0, 0.1) is 0 Å². The lowest BCUT2D eigenvalue weighted by molar-refractivity contribution is 0.120. The van der Waals surface area contributed by atoms with E-state index in [-0.39, 0.29) is 11.7 Å². The smallest absolute Gasteiger partial charge is 0.274 e. The zero-order valence-electron chi connectivity index (χ0n) is 14.4. The van der Waals surface area contributed by atoms with Crippen LogP contribution in [0.15, 0.2) is 23.0 Å². The van der Waals surface area contributed by atoms with Gasteiger partial charge < -0.3 is 19.5 Å². The van der Waals surface area contributed by atoms with Gasteiger partial charge in [0.1, 0.15) is 5.69 Å². The van der Waals surface area contributed by atoms with Gasteiger partial charge in [-0.05, 0) is 30.5 Å². The van der Waals surface area contributed by atoms with Crippen LogP contribution in [0.3, 0.4) is 0 Å². The number of benzene rings is 1. The highest BCUT2D eigenvalue weighted by Gasteiger charge is 2.15. The molecule has 8 heteroatoms. The van der Waals surface area contributed by atoms with Crippen molar-refractivity contribution in [3.63, 3.8) is 0 Å². The second-order valence-corrected chi connectivity index (χ2v) is 5.83. The molecule has 1 aromatic carbocycles. The highest BCUT2D eigenvalue weighted by Crippen LogP contribution is 2.28. The van der Waals surface area contributed by atoms with E-state index in [9.17, 15) is 4.79 Å². The molecule has 134 valence electrons. The molecule has 2 aromatic rings. The predicted molar refractivity (Wildman–Crippen MR) is 92.5 cm³/mol. The molecule has 1 aliphatic rings. The van der Waals surface area contributed by atoms with Gasteiger partial charge in [0.25, 0.3) is 5.56 Å². The molecule has 0 spiro atoms. The fourth-order valence-corrected chi connectivity index (χ4v) is 2.76. The van der Waals surface area contributed by atoms with Gasteiger partial charge in [-0.1, -0.05) is 6.07 Å². The number of hydrogen-bond acceptors (Lipinski definition) is 7. The fourth-order valence-electron chi connectivity index (χ4n) is 2.76. The average Bonchev–Trinajstić information content (AvgIpc) is 3.15. The van der Waals surface area contributed by atoms with E-state index in [0.29, 0.717) is 36.1 Å². The Balaban J connectivity index is 1.67. The Labute approximate surface area is 145 Å².